The van der Waals surface area contributed by atoms with Crippen LogP contribution in [0, 0.1) is 11.8 Å². The molecule has 1 saturated carbocycles. The molecule has 0 aliphatic heterocycles. The molecule has 1 aliphatic rings. The largest absolute Gasteiger partial charge is 0.299 e. The third kappa shape index (κ3) is 3.18. The Balaban J connectivity index is 1.83. The second kappa shape index (κ2) is 5.48. The SMILES string of the molecule is CC1CCCC(C(=O)CCc2ccnn2C)C1. The van der Waals surface area contributed by atoms with E-state index in [1.807, 2.05) is 17.8 Å². The molecule has 0 aromatic carbocycles. The average Bonchev–Trinajstić information content (AvgIpc) is 2.72. The minimum absolute atomic E-state index is 0.326. The van der Waals surface area contributed by atoms with Crippen LogP contribution in [0.25, 0.3) is 0 Å². The predicted octanol–water partition coefficient (Wildman–Crippen LogP) is 2.75. The first-order valence-corrected chi connectivity index (χ1v) is 6.66. The summed E-state index contributed by atoms with van der Waals surface area (Å²) in [7, 11) is 1.93. The molecule has 3 nitrogen and oxygen atoms in total. The molecular weight excluding hydrogens is 212 g/mol. The Labute approximate surface area is 103 Å². The summed E-state index contributed by atoms with van der Waals surface area (Å²) in [6, 6.07) is 2.00. The van der Waals surface area contributed by atoms with E-state index in [0.717, 1.165) is 30.9 Å². The number of aromatic nitrogens is 2. The van der Waals surface area contributed by atoms with Crippen LogP contribution < -0.4 is 0 Å². The van der Waals surface area contributed by atoms with Crippen molar-refractivity contribution in [3.63, 3.8) is 0 Å². The van der Waals surface area contributed by atoms with E-state index in [4.69, 9.17) is 0 Å². The second-order valence-electron chi connectivity index (χ2n) is 5.38. The lowest BCUT2D eigenvalue weighted by Gasteiger charge is -2.25. The van der Waals surface area contributed by atoms with Gasteiger partial charge in [0.25, 0.3) is 0 Å². The maximum Gasteiger partial charge on any atom is 0.136 e. The van der Waals surface area contributed by atoms with Crippen LogP contribution in [-0.4, -0.2) is 15.6 Å². The topological polar surface area (TPSA) is 34.9 Å². The number of Topliss-reactive ketones (excluding diaryl/α,β-unsaturated/α-hetero) is 1. The molecule has 2 unspecified atom stereocenters. The molecule has 1 aromatic heterocycles. The summed E-state index contributed by atoms with van der Waals surface area (Å²) in [6.45, 7) is 2.26. The van der Waals surface area contributed by atoms with Gasteiger partial charge in [0.05, 0.1) is 0 Å². The Kier molecular flexibility index (Phi) is 3.97. The second-order valence-corrected chi connectivity index (χ2v) is 5.38. The number of hydrogen-bond donors (Lipinski definition) is 0. The van der Waals surface area contributed by atoms with Gasteiger partial charge in [-0.05, 0) is 31.2 Å². The van der Waals surface area contributed by atoms with Crippen molar-refractivity contribution in [1.82, 2.24) is 9.78 Å². The molecule has 0 saturated heterocycles. The molecule has 0 bridgehead atoms. The Bertz CT molecular complexity index is 383. The molecule has 1 heterocycles. The van der Waals surface area contributed by atoms with E-state index in [9.17, 15) is 4.79 Å². The fourth-order valence-corrected chi connectivity index (χ4v) is 2.83. The van der Waals surface area contributed by atoms with Gasteiger partial charge in [-0.15, -0.1) is 0 Å². The van der Waals surface area contributed by atoms with Crippen LogP contribution in [0.4, 0.5) is 0 Å². The van der Waals surface area contributed by atoms with Gasteiger partial charge in [-0.2, -0.15) is 5.10 Å². The summed E-state index contributed by atoms with van der Waals surface area (Å²) in [5.41, 5.74) is 1.15. The van der Waals surface area contributed by atoms with Crippen LogP contribution in [0.3, 0.4) is 0 Å². The number of ketones is 1. The lowest BCUT2D eigenvalue weighted by atomic mass is 9.79. The Hall–Kier alpha value is -1.12. The van der Waals surface area contributed by atoms with Crippen LogP contribution in [0.1, 0.15) is 44.7 Å². The Morgan fingerprint density at radius 2 is 2.35 bits per heavy atom. The van der Waals surface area contributed by atoms with Gasteiger partial charge in [-0.3, -0.25) is 9.48 Å². The summed E-state index contributed by atoms with van der Waals surface area (Å²) >= 11 is 0. The number of nitrogens with zero attached hydrogens (tertiary/aromatic N) is 2. The van der Waals surface area contributed by atoms with E-state index in [1.54, 1.807) is 6.20 Å². The number of carbonyl (C=O) groups is 1. The van der Waals surface area contributed by atoms with Crippen molar-refractivity contribution >= 4 is 5.78 Å². The maximum absolute atomic E-state index is 12.1. The smallest absolute Gasteiger partial charge is 0.136 e. The van der Waals surface area contributed by atoms with Gasteiger partial charge in [0.1, 0.15) is 5.78 Å². The summed E-state index contributed by atoms with van der Waals surface area (Å²) in [4.78, 5) is 12.1. The van der Waals surface area contributed by atoms with Crippen molar-refractivity contribution in [2.45, 2.75) is 45.4 Å². The molecule has 2 rings (SSSR count). The highest BCUT2D eigenvalue weighted by Crippen LogP contribution is 2.30. The number of rotatable bonds is 4. The molecule has 2 atom stereocenters. The third-order valence-electron chi connectivity index (χ3n) is 3.94. The van der Waals surface area contributed by atoms with E-state index in [2.05, 4.69) is 12.0 Å². The van der Waals surface area contributed by atoms with Gasteiger partial charge in [0, 0.05) is 31.3 Å². The van der Waals surface area contributed by atoms with Gasteiger partial charge >= 0.3 is 0 Å². The first-order chi connectivity index (χ1) is 8.16. The fourth-order valence-electron chi connectivity index (χ4n) is 2.83. The van der Waals surface area contributed by atoms with Gasteiger partial charge in [-0.25, -0.2) is 0 Å². The highest BCUT2D eigenvalue weighted by Gasteiger charge is 2.24. The zero-order valence-corrected chi connectivity index (χ0v) is 10.9. The van der Waals surface area contributed by atoms with Crippen molar-refractivity contribution in [2.75, 3.05) is 0 Å². The number of aryl methyl sites for hydroxylation is 2. The minimum atomic E-state index is 0.326. The summed E-state index contributed by atoms with van der Waals surface area (Å²) in [6.07, 6.45) is 8.03. The first kappa shape index (κ1) is 12.3. The van der Waals surface area contributed by atoms with Crippen LogP contribution in [-0.2, 0) is 18.3 Å². The molecule has 0 N–H and O–H groups in total. The quantitative estimate of drug-likeness (QED) is 0.803. The van der Waals surface area contributed by atoms with E-state index in [1.165, 1.54) is 12.8 Å². The van der Waals surface area contributed by atoms with Crippen LogP contribution in [0.2, 0.25) is 0 Å². The monoisotopic (exact) mass is 234 g/mol. The van der Waals surface area contributed by atoms with Crippen molar-refractivity contribution in [1.29, 1.82) is 0 Å². The average molecular weight is 234 g/mol. The van der Waals surface area contributed by atoms with Gasteiger partial charge < -0.3 is 0 Å². The number of carbonyl (C=O) groups excluding carboxylic acids is 1. The predicted molar refractivity (Wildman–Crippen MR) is 67.7 cm³/mol. The lowest BCUT2D eigenvalue weighted by molar-refractivity contribution is -0.124. The van der Waals surface area contributed by atoms with Gasteiger partial charge in [-0.1, -0.05) is 19.8 Å². The van der Waals surface area contributed by atoms with Crippen molar-refractivity contribution in [3.8, 4) is 0 Å². The van der Waals surface area contributed by atoms with Crippen molar-refractivity contribution in [2.24, 2.45) is 18.9 Å². The molecular formula is C14H22N2O. The van der Waals surface area contributed by atoms with Gasteiger partial charge in [0.15, 0.2) is 0 Å². The molecule has 0 amide bonds. The minimum Gasteiger partial charge on any atom is -0.299 e. The van der Waals surface area contributed by atoms with E-state index in [0.29, 0.717) is 18.1 Å². The van der Waals surface area contributed by atoms with Crippen LogP contribution in [0.15, 0.2) is 12.3 Å². The fraction of sp³-hybridized carbons (Fsp3) is 0.714. The summed E-state index contributed by atoms with van der Waals surface area (Å²) in [5.74, 6) is 1.51. The third-order valence-corrected chi connectivity index (χ3v) is 3.94. The Morgan fingerprint density at radius 3 is 3.00 bits per heavy atom. The molecule has 0 radical (unpaired) electrons. The standard InChI is InChI=1S/C14H22N2O/c1-11-4-3-5-12(10-11)14(17)7-6-13-8-9-15-16(13)2/h8-9,11-12H,3-7,10H2,1-2H3. The molecule has 94 valence electrons. The first-order valence-electron chi connectivity index (χ1n) is 6.66. The highest BCUT2D eigenvalue weighted by atomic mass is 16.1. The number of hydrogen-bond acceptors (Lipinski definition) is 2. The normalized spacial score (nSPS) is 24.8. The van der Waals surface area contributed by atoms with E-state index < -0.39 is 0 Å². The lowest BCUT2D eigenvalue weighted by Crippen LogP contribution is -2.22. The molecule has 17 heavy (non-hydrogen) atoms. The van der Waals surface area contributed by atoms with Gasteiger partial charge in [0.2, 0.25) is 0 Å². The van der Waals surface area contributed by atoms with E-state index >= 15 is 0 Å². The zero-order chi connectivity index (χ0) is 12.3. The Morgan fingerprint density at radius 1 is 1.53 bits per heavy atom. The molecule has 0 spiro atoms. The molecule has 1 aliphatic carbocycles. The van der Waals surface area contributed by atoms with Crippen molar-refractivity contribution in [3.05, 3.63) is 18.0 Å². The molecule has 1 aromatic rings. The van der Waals surface area contributed by atoms with Crippen LogP contribution >= 0.6 is 0 Å². The van der Waals surface area contributed by atoms with E-state index in [-0.39, 0.29) is 0 Å². The van der Waals surface area contributed by atoms with Crippen LogP contribution in [0.5, 0.6) is 0 Å². The summed E-state index contributed by atoms with van der Waals surface area (Å²) < 4.78 is 1.86. The zero-order valence-electron chi connectivity index (χ0n) is 10.9. The van der Waals surface area contributed by atoms with Crippen molar-refractivity contribution < 1.29 is 4.79 Å². The molecule has 1 fully saturated rings. The highest BCUT2D eigenvalue weighted by molar-refractivity contribution is 5.81. The summed E-state index contributed by atoms with van der Waals surface area (Å²) in [5, 5.41) is 4.12. The maximum atomic E-state index is 12.1. The molecule has 3 heteroatoms.